The van der Waals surface area contributed by atoms with E-state index in [1.807, 2.05) is 31.2 Å². The number of ether oxygens (including phenoxy) is 1. The molecule has 4 N–H and O–H groups in total. The Balaban J connectivity index is 1.50. The second-order valence-corrected chi connectivity index (χ2v) is 8.49. The van der Waals surface area contributed by atoms with E-state index in [4.69, 9.17) is 4.74 Å². The Morgan fingerprint density at radius 1 is 0.784 bits per heavy atom. The number of methoxy groups -OCH3 is 1. The zero-order chi connectivity index (χ0) is 26.8. The van der Waals surface area contributed by atoms with Gasteiger partial charge in [0.25, 0.3) is 0 Å². The Hall–Kier alpha value is -4.66. The third-order valence-electron chi connectivity index (χ3n) is 5.51. The van der Waals surface area contributed by atoms with Gasteiger partial charge in [0.15, 0.2) is 0 Å². The molecule has 3 aromatic rings. The van der Waals surface area contributed by atoms with Gasteiger partial charge in [-0.3, -0.25) is 9.59 Å². The molecule has 3 aromatic carbocycles. The Morgan fingerprint density at radius 3 is 1.97 bits per heavy atom. The molecule has 0 saturated heterocycles. The molecule has 0 aliphatic carbocycles. The van der Waals surface area contributed by atoms with Crippen LogP contribution >= 0.6 is 0 Å². The molecule has 3 rings (SSSR count). The largest absolute Gasteiger partial charge is 0.467 e. The molecule has 0 spiro atoms. The number of carbonyl (C=O) groups excluding carboxylic acids is 4. The summed E-state index contributed by atoms with van der Waals surface area (Å²) >= 11 is 0. The second kappa shape index (κ2) is 12.9. The molecule has 0 fully saturated rings. The molecule has 0 saturated carbocycles. The number of amides is 4. The van der Waals surface area contributed by atoms with Crippen LogP contribution in [0.4, 0.5) is 21.9 Å². The molecular weight excluding hydrogens is 472 g/mol. The van der Waals surface area contributed by atoms with Crippen molar-refractivity contribution in [1.82, 2.24) is 5.32 Å². The highest BCUT2D eigenvalue weighted by Crippen LogP contribution is 2.16. The molecule has 1 atom stereocenters. The van der Waals surface area contributed by atoms with Crippen LogP contribution < -0.4 is 21.3 Å². The molecule has 192 valence electrons. The van der Waals surface area contributed by atoms with Crippen LogP contribution in [0.5, 0.6) is 0 Å². The summed E-state index contributed by atoms with van der Waals surface area (Å²) < 4.78 is 4.74. The van der Waals surface area contributed by atoms with Crippen molar-refractivity contribution in [1.29, 1.82) is 0 Å². The van der Waals surface area contributed by atoms with Crippen LogP contribution in [-0.4, -0.2) is 37.0 Å². The van der Waals surface area contributed by atoms with Gasteiger partial charge in [0.1, 0.15) is 6.04 Å². The van der Waals surface area contributed by atoms with Crippen molar-refractivity contribution >= 4 is 40.9 Å². The Kier molecular flexibility index (Phi) is 9.37. The quantitative estimate of drug-likeness (QED) is 0.329. The summed E-state index contributed by atoms with van der Waals surface area (Å²) in [6.45, 7) is 3.25. The number of carbonyl (C=O) groups is 4. The van der Waals surface area contributed by atoms with Crippen molar-refractivity contribution in [2.24, 2.45) is 0 Å². The third-order valence-corrected chi connectivity index (χ3v) is 5.51. The van der Waals surface area contributed by atoms with Crippen LogP contribution in [0.2, 0.25) is 0 Å². The zero-order valence-corrected chi connectivity index (χ0v) is 21.0. The van der Waals surface area contributed by atoms with Gasteiger partial charge in [-0.25, -0.2) is 9.59 Å². The summed E-state index contributed by atoms with van der Waals surface area (Å²) in [5.41, 5.74) is 4.50. The normalized spacial score (nSPS) is 11.1. The van der Waals surface area contributed by atoms with Gasteiger partial charge in [-0.1, -0.05) is 42.5 Å². The molecule has 0 aliphatic heterocycles. The number of para-hydroxylation sites is 1. The number of aryl methyl sites for hydroxylation is 1. The van der Waals surface area contributed by atoms with Crippen molar-refractivity contribution in [3.63, 3.8) is 0 Å². The van der Waals surface area contributed by atoms with E-state index in [9.17, 15) is 19.2 Å². The minimum absolute atomic E-state index is 0.157. The Bertz CT molecular complexity index is 1260. The van der Waals surface area contributed by atoms with Crippen LogP contribution in [0.3, 0.4) is 0 Å². The third kappa shape index (κ3) is 8.50. The molecule has 9 nitrogen and oxygen atoms in total. The highest BCUT2D eigenvalue weighted by Gasteiger charge is 2.20. The fourth-order valence-electron chi connectivity index (χ4n) is 3.64. The molecule has 0 bridgehead atoms. The summed E-state index contributed by atoms with van der Waals surface area (Å²) in [6.07, 6.45) is 0.425. The highest BCUT2D eigenvalue weighted by atomic mass is 16.5. The zero-order valence-electron chi connectivity index (χ0n) is 21.0. The molecule has 9 heteroatoms. The van der Waals surface area contributed by atoms with E-state index in [-0.39, 0.29) is 30.7 Å². The Labute approximate surface area is 215 Å². The average Bonchev–Trinajstić information content (AvgIpc) is 2.86. The first-order valence-electron chi connectivity index (χ1n) is 11.7. The lowest BCUT2D eigenvalue weighted by atomic mass is 10.1. The fraction of sp³-hybridized carbons (Fsp3) is 0.214. The maximum atomic E-state index is 12.5. The number of hydrogen-bond acceptors (Lipinski definition) is 5. The van der Waals surface area contributed by atoms with Crippen molar-refractivity contribution in [3.05, 3.63) is 89.5 Å². The van der Waals surface area contributed by atoms with E-state index in [1.165, 1.54) is 14.0 Å². The molecule has 0 aliphatic rings. The molecule has 1 unspecified atom stereocenters. The van der Waals surface area contributed by atoms with E-state index in [0.717, 1.165) is 22.4 Å². The van der Waals surface area contributed by atoms with Crippen LogP contribution in [0.15, 0.2) is 72.8 Å². The van der Waals surface area contributed by atoms with E-state index >= 15 is 0 Å². The first-order chi connectivity index (χ1) is 17.7. The SMILES string of the molecule is COC(=O)C(Cc1ccc(NC(=O)Cc2ccc(NC(=O)Nc3ccccc3C)cc2)cc1)NC(C)=O. The lowest BCUT2D eigenvalue weighted by Crippen LogP contribution is -2.41. The monoisotopic (exact) mass is 502 g/mol. The van der Waals surface area contributed by atoms with Gasteiger partial charge in [0.2, 0.25) is 11.8 Å². The van der Waals surface area contributed by atoms with Crippen LogP contribution in [0, 0.1) is 6.92 Å². The number of urea groups is 1. The summed E-state index contributed by atoms with van der Waals surface area (Å²) in [4.78, 5) is 48.0. The number of hydrogen-bond donors (Lipinski definition) is 4. The molecule has 0 heterocycles. The molecular formula is C28H30N4O5. The van der Waals surface area contributed by atoms with Gasteiger partial charge >= 0.3 is 12.0 Å². The van der Waals surface area contributed by atoms with Crippen LogP contribution in [0.25, 0.3) is 0 Å². The van der Waals surface area contributed by atoms with Gasteiger partial charge in [-0.15, -0.1) is 0 Å². The number of anilines is 3. The smallest absolute Gasteiger partial charge is 0.328 e. The number of nitrogens with one attached hydrogen (secondary N) is 4. The average molecular weight is 503 g/mol. The molecule has 0 aromatic heterocycles. The van der Waals surface area contributed by atoms with Crippen LogP contribution in [-0.2, 0) is 32.0 Å². The summed E-state index contributed by atoms with van der Waals surface area (Å²) in [7, 11) is 1.27. The van der Waals surface area contributed by atoms with Crippen molar-refractivity contribution in [3.8, 4) is 0 Å². The van der Waals surface area contributed by atoms with E-state index in [0.29, 0.717) is 11.4 Å². The summed E-state index contributed by atoms with van der Waals surface area (Å²) in [6, 6.07) is 20.4. The first kappa shape index (κ1) is 26.9. The highest BCUT2D eigenvalue weighted by molar-refractivity contribution is 6.00. The van der Waals surface area contributed by atoms with Gasteiger partial charge in [-0.05, 0) is 53.9 Å². The molecule has 0 radical (unpaired) electrons. The van der Waals surface area contributed by atoms with E-state index in [2.05, 4.69) is 21.3 Å². The summed E-state index contributed by atoms with van der Waals surface area (Å²) in [5, 5.41) is 11.0. The second-order valence-electron chi connectivity index (χ2n) is 8.49. The van der Waals surface area contributed by atoms with Gasteiger partial charge in [0.05, 0.1) is 13.5 Å². The maximum absolute atomic E-state index is 12.5. The standard InChI is InChI=1S/C28H30N4O5/c1-18-6-4-5-7-24(18)32-28(36)31-23-14-10-21(11-15-23)17-26(34)30-22-12-8-20(9-13-22)16-25(27(35)37-3)29-19(2)33/h4-15,25H,16-17H2,1-3H3,(H,29,33)(H,30,34)(H2,31,32,36). The van der Waals surface area contributed by atoms with Gasteiger partial charge in [0, 0.05) is 30.4 Å². The number of esters is 1. The lowest BCUT2D eigenvalue weighted by Gasteiger charge is -2.15. The van der Waals surface area contributed by atoms with E-state index < -0.39 is 12.0 Å². The number of rotatable bonds is 9. The molecule has 4 amide bonds. The fourth-order valence-corrected chi connectivity index (χ4v) is 3.64. The van der Waals surface area contributed by atoms with E-state index in [1.54, 1.807) is 48.5 Å². The van der Waals surface area contributed by atoms with Gasteiger partial charge in [-0.2, -0.15) is 0 Å². The maximum Gasteiger partial charge on any atom is 0.328 e. The van der Waals surface area contributed by atoms with Crippen molar-refractivity contribution < 1.29 is 23.9 Å². The minimum atomic E-state index is -0.783. The summed E-state index contributed by atoms with van der Waals surface area (Å²) in [5.74, 6) is -1.05. The topological polar surface area (TPSA) is 126 Å². The van der Waals surface area contributed by atoms with Crippen molar-refractivity contribution in [2.45, 2.75) is 32.7 Å². The number of benzene rings is 3. The predicted molar refractivity (Wildman–Crippen MR) is 142 cm³/mol. The van der Waals surface area contributed by atoms with Crippen molar-refractivity contribution in [2.75, 3.05) is 23.1 Å². The first-order valence-corrected chi connectivity index (χ1v) is 11.7. The predicted octanol–water partition coefficient (Wildman–Crippen LogP) is 4.04. The van der Waals surface area contributed by atoms with Crippen LogP contribution in [0.1, 0.15) is 23.6 Å². The lowest BCUT2D eigenvalue weighted by molar-refractivity contribution is -0.144. The molecule has 37 heavy (non-hydrogen) atoms. The van der Waals surface area contributed by atoms with Gasteiger partial charge < -0.3 is 26.0 Å². The minimum Gasteiger partial charge on any atom is -0.467 e. The Morgan fingerprint density at radius 2 is 1.38 bits per heavy atom.